The van der Waals surface area contributed by atoms with E-state index in [-0.39, 0.29) is 34.9 Å². The zero-order chi connectivity index (χ0) is 18.9. The SMILES string of the molecule is CC(C)(C)[C@H]1CN(C(=O)c2cc(C(F)F)[nH]n2)C[C@@H](c2ccccc2)O1. The molecule has 7 heteroatoms. The fraction of sp³-hybridized carbons (Fsp3) is 0.474. The average Bonchev–Trinajstić information content (AvgIpc) is 3.11. The number of aromatic amines is 1. The Bertz CT molecular complexity index is 756. The van der Waals surface area contributed by atoms with E-state index in [9.17, 15) is 13.6 Å². The van der Waals surface area contributed by atoms with E-state index in [0.29, 0.717) is 13.1 Å². The molecule has 1 amide bonds. The lowest BCUT2D eigenvalue weighted by Gasteiger charge is -2.43. The van der Waals surface area contributed by atoms with Crippen LogP contribution in [0, 0.1) is 5.41 Å². The van der Waals surface area contributed by atoms with Gasteiger partial charge in [-0.3, -0.25) is 9.89 Å². The average molecular weight is 363 g/mol. The first-order chi connectivity index (χ1) is 12.3. The molecule has 0 aliphatic carbocycles. The molecule has 0 spiro atoms. The summed E-state index contributed by atoms with van der Waals surface area (Å²) in [4.78, 5) is 14.5. The van der Waals surface area contributed by atoms with Crippen LogP contribution in [0.3, 0.4) is 0 Å². The van der Waals surface area contributed by atoms with Crippen LogP contribution in [-0.2, 0) is 4.74 Å². The summed E-state index contributed by atoms with van der Waals surface area (Å²) in [6.45, 7) is 6.90. The second-order valence-electron chi connectivity index (χ2n) is 7.61. The molecule has 2 atom stereocenters. The van der Waals surface area contributed by atoms with Gasteiger partial charge >= 0.3 is 0 Å². The number of carbonyl (C=O) groups is 1. The number of nitrogens with zero attached hydrogens (tertiary/aromatic N) is 2. The summed E-state index contributed by atoms with van der Waals surface area (Å²) >= 11 is 0. The van der Waals surface area contributed by atoms with Crippen molar-refractivity contribution in [1.29, 1.82) is 0 Å². The topological polar surface area (TPSA) is 58.2 Å². The Labute approximate surface area is 151 Å². The Balaban J connectivity index is 1.85. The van der Waals surface area contributed by atoms with E-state index in [1.165, 1.54) is 0 Å². The Morgan fingerprint density at radius 2 is 1.96 bits per heavy atom. The first kappa shape index (κ1) is 18.5. The van der Waals surface area contributed by atoms with Gasteiger partial charge in [0, 0.05) is 6.54 Å². The van der Waals surface area contributed by atoms with Crippen LogP contribution in [0.25, 0.3) is 0 Å². The molecular weight excluding hydrogens is 340 g/mol. The van der Waals surface area contributed by atoms with E-state index < -0.39 is 6.43 Å². The van der Waals surface area contributed by atoms with Crippen molar-refractivity contribution in [2.45, 2.75) is 39.4 Å². The number of hydrogen-bond acceptors (Lipinski definition) is 3. The molecule has 0 unspecified atom stereocenters. The number of hydrogen-bond donors (Lipinski definition) is 1. The summed E-state index contributed by atoms with van der Waals surface area (Å²) in [5.41, 5.74) is 0.455. The maximum atomic E-state index is 12.8. The second kappa shape index (κ2) is 7.15. The number of aromatic nitrogens is 2. The van der Waals surface area contributed by atoms with E-state index in [0.717, 1.165) is 11.6 Å². The molecule has 26 heavy (non-hydrogen) atoms. The lowest BCUT2D eigenvalue weighted by Crippen LogP contribution is -2.51. The minimum atomic E-state index is -2.69. The van der Waals surface area contributed by atoms with Gasteiger partial charge in [-0.1, -0.05) is 51.1 Å². The Morgan fingerprint density at radius 1 is 1.27 bits per heavy atom. The van der Waals surface area contributed by atoms with Crippen LogP contribution in [0.1, 0.15) is 55.0 Å². The molecular formula is C19H23F2N3O2. The van der Waals surface area contributed by atoms with Gasteiger partial charge in [-0.2, -0.15) is 5.10 Å². The molecule has 140 valence electrons. The van der Waals surface area contributed by atoms with Crippen molar-refractivity contribution in [3.8, 4) is 0 Å². The monoisotopic (exact) mass is 363 g/mol. The van der Waals surface area contributed by atoms with Gasteiger partial charge in [0.2, 0.25) is 0 Å². The number of alkyl halides is 2. The highest BCUT2D eigenvalue weighted by Crippen LogP contribution is 2.34. The van der Waals surface area contributed by atoms with Crippen molar-refractivity contribution in [2.75, 3.05) is 13.1 Å². The zero-order valence-electron chi connectivity index (χ0n) is 15.1. The summed E-state index contributed by atoms with van der Waals surface area (Å²) in [5.74, 6) is -0.369. The lowest BCUT2D eigenvalue weighted by molar-refractivity contribution is -0.119. The predicted molar refractivity (Wildman–Crippen MR) is 93.0 cm³/mol. The minimum absolute atomic E-state index is 0.00155. The Hall–Kier alpha value is -2.28. The maximum absolute atomic E-state index is 12.8. The van der Waals surface area contributed by atoms with Gasteiger partial charge in [0.15, 0.2) is 5.69 Å². The molecule has 1 aliphatic rings. The van der Waals surface area contributed by atoms with Crippen molar-refractivity contribution in [2.24, 2.45) is 5.41 Å². The first-order valence-electron chi connectivity index (χ1n) is 8.59. The van der Waals surface area contributed by atoms with Crippen molar-refractivity contribution in [3.05, 3.63) is 53.3 Å². The largest absolute Gasteiger partial charge is 0.366 e. The number of nitrogens with one attached hydrogen (secondary N) is 1. The normalized spacial score (nSPS) is 21.2. The third-order valence-electron chi connectivity index (χ3n) is 4.58. The van der Waals surface area contributed by atoms with Gasteiger partial charge in [-0.05, 0) is 17.0 Å². The van der Waals surface area contributed by atoms with Crippen LogP contribution >= 0.6 is 0 Å². The molecule has 3 rings (SSSR count). The van der Waals surface area contributed by atoms with Crippen LogP contribution < -0.4 is 0 Å². The van der Waals surface area contributed by atoms with E-state index in [1.54, 1.807) is 4.90 Å². The smallest absolute Gasteiger partial charge is 0.279 e. The molecule has 1 aromatic carbocycles. The highest BCUT2D eigenvalue weighted by molar-refractivity contribution is 5.92. The molecule has 1 fully saturated rings. The molecule has 1 saturated heterocycles. The van der Waals surface area contributed by atoms with Gasteiger partial charge in [0.1, 0.15) is 11.8 Å². The predicted octanol–water partition coefficient (Wildman–Crippen LogP) is 3.98. The number of morpholine rings is 1. The van der Waals surface area contributed by atoms with Crippen molar-refractivity contribution in [3.63, 3.8) is 0 Å². The third kappa shape index (κ3) is 3.93. The first-order valence-corrected chi connectivity index (χ1v) is 8.59. The molecule has 1 aromatic heterocycles. The highest BCUT2D eigenvalue weighted by Gasteiger charge is 2.38. The number of rotatable bonds is 3. The molecule has 0 radical (unpaired) electrons. The quantitative estimate of drug-likeness (QED) is 0.897. The van der Waals surface area contributed by atoms with Crippen LogP contribution in [-0.4, -0.2) is 40.2 Å². The van der Waals surface area contributed by atoms with Gasteiger partial charge in [0.05, 0.1) is 12.6 Å². The Morgan fingerprint density at radius 3 is 2.54 bits per heavy atom. The van der Waals surface area contributed by atoms with Crippen molar-refractivity contribution < 1.29 is 18.3 Å². The number of halogens is 2. The van der Waals surface area contributed by atoms with E-state index in [2.05, 4.69) is 31.0 Å². The van der Waals surface area contributed by atoms with Crippen LogP contribution in [0.15, 0.2) is 36.4 Å². The fourth-order valence-electron chi connectivity index (χ4n) is 2.97. The van der Waals surface area contributed by atoms with Gasteiger partial charge < -0.3 is 9.64 Å². The minimum Gasteiger partial charge on any atom is -0.366 e. The number of H-pyrrole nitrogens is 1. The number of carbonyl (C=O) groups excluding carboxylic acids is 1. The van der Waals surface area contributed by atoms with E-state index in [4.69, 9.17) is 4.74 Å². The molecule has 0 bridgehead atoms. The summed E-state index contributed by atoms with van der Waals surface area (Å²) in [6.07, 6.45) is -3.14. The van der Waals surface area contributed by atoms with Crippen molar-refractivity contribution >= 4 is 5.91 Å². The summed E-state index contributed by atoms with van der Waals surface area (Å²) in [7, 11) is 0. The standard InChI is InChI=1S/C19H23F2N3O2/c1-19(2,3)16-11-24(10-15(26-16)12-7-5-4-6-8-12)18(25)14-9-13(17(20)21)22-23-14/h4-9,15-17H,10-11H2,1-3H3,(H,22,23)/t15-,16+/m0/s1. The number of ether oxygens (including phenoxy) is 1. The summed E-state index contributed by atoms with van der Waals surface area (Å²) < 4.78 is 31.8. The molecule has 0 saturated carbocycles. The molecule has 1 N–H and O–H groups in total. The maximum Gasteiger partial charge on any atom is 0.279 e. The second-order valence-corrected chi connectivity index (χ2v) is 7.61. The van der Waals surface area contributed by atoms with E-state index in [1.807, 2.05) is 30.3 Å². The van der Waals surface area contributed by atoms with E-state index >= 15 is 0 Å². The van der Waals surface area contributed by atoms with Crippen molar-refractivity contribution in [1.82, 2.24) is 15.1 Å². The summed E-state index contributed by atoms with van der Waals surface area (Å²) in [6, 6.07) is 10.8. The molecule has 2 heterocycles. The van der Waals surface area contributed by atoms with Gasteiger partial charge in [0.25, 0.3) is 12.3 Å². The number of benzene rings is 1. The number of amides is 1. The Kier molecular flexibility index (Phi) is 5.09. The fourth-order valence-corrected chi connectivity index (χ4v) is 2.97. The third-order valence-corrected chi connectivity index (χ3v) is 4.58. The van der Waals surface area contributed by atoms with Crippen LogP contribution in [0.4, 0.5) is 8.78 Å². The van der Waals surface area contributed by atoms with Gasteiger partial charge in [-0.15, -0.1) is 0 Å². The van der Waals surface area contributed by atoms with Gasteiger partial charge in [-0.25, -0.2) is 8.78 Å². The van der Waals surface area contributed by atoms with Crippen LogP contribution in [0.2, 0.25) is 0 Å². The van der Waals surface area contributed by atoms with Crippen LogP contribution in [0.5, 0.6) is 0 Å². The zero-order valence-corrected chi connectivity index (χ0v) is 15.1. The molecule has 5 nitrogen and oxygen atoms in total. The lowest BCUT2D eigenvalue weighted by atomic mass is 9.87. The molecule has 1 aliphatic heterocycles. The molecule has 2 aromatic rings. The summed E-state index contributed by atoms with van der Waals surface area (Å²) in [5, 5.41) is 5.99. The highest BCUT2D eigenvalue weighted by atomic mass is 19.3.